The molecule has 3 aromatic carbocycles. The van der Waals surface area contributed by atoms with Crippen LogP contribution in [0.5, 0.6) is 5.75 Å². The predicted octanol–water partition coefficient (Wildman–Crippen LogP) is 4.58. The van der Waals surface area contributed by atoms with Crippen molar-refractivity contribution < 1.29 is 19.1 Å². The molecule has 0 amide bonds. The molecule has 28 heavy (non-hydrogen) atoms. The van der Waals surface area contributed by atoms with Crippen molar-refractivity contribution in [2.45, 2.75) is 18.9 Å². The number of ether oxygens (including phenoxy) is 2. The molecule has 0 fully saturated rings. The molecule has 1 atom stereocenters. The first-order valence-corrected chi connectivity index (χ1v) is 9.12. The third-order valence-electron chi connectivity index (χ3n) is 4.52. The topological polar surface area (TPSA) is 52.6 Å². The summed E-state index contributed by atoms with van der Waals surface area (Å²) in [5.74, 6) is 0.0245. The molecule has 0 radical (unpaired) electrons. The van der Waals surface area contributed by atoms with E-state index in [1.165, 1.54) is 12.7 Å². The lowest BCUT2D eigenvalue weighted by Gasteiger charge is -2.20. The van der Waals surface area contributed by atoms with Gasteiger partial charge in [0.1, 0.15) is 12.0 Å². The molecule has 0 aliphatic carbocycles. The molecule has 3 aromatic rings. The van der Waals surface area contributed by atoms with Crippen molar-refractivity contribution in [2.75, 3.05) is 7.11 Å². The van der Waals surface area contributed by atoms with E-state index in [1.807, 2.05) is 54.6 Å². The first-order chi connectivity index (χ1) is 13.7. The van der Waals surface area contributed by atoms with Crippen molar-refractivity contribution >= 4 is 12.3 Å². The zero-order chi connectivity index (χ0) is 19.8. The van der Waals surface area contributed by atoms with E-state index in [2.05, 4.69) is 12.1 Å². The molecule has 0 bridgehead atoms. The van der Waals surface area contributed by atoms with E-state index in [4.69, 9.17) is 9.47 Å². The summed E-state index contributed by atoms with van der Waals surface area (Å²) in [6.45, 7) is 0. The minimum absolute atomic E-state index is 0.489. The minimum Gasteiger partial charge on any atom is -0.474 e. The Bertz CT molecular complexity index is 920. The predicted molar refractivity (Wildman–Crippen MR) is 108 cm³/mol. The standard InChI is InChI=1S/C24H22O4/c1-27-24(26)23(21-10-6-3-7-11-21)28-22-16-19(17-25)13-15-20(22)14-12-18-8-4-2-5-9-18/h2-11,13,15-17,23H,12,14H2,1H3. The van der Waals surface area contributed by atoms with Crippen LogP contribution in [0.2, 0.25) is 0 Å². The van der Waals surface area contributed by atoms with E-state index in [0.29, 0.717) is 16.9 Å². The lowest BCUT2D eigenvalue weighted by Crippen LogP contribution is -2.21. The van der Waals surface area contributed by atoms with Gasteiger partial charge >= 0.3 is 5.97 Å². The van der Waals surface area contributed by atoms with Gasteiger partial charge in [-0.15, -0.1) is 0 Å². The monoisotopic (exact) mass is 374 g/mol. The fourth-order valence-electron chi connectivity index (χ4n) is 3.00. The molecular formula is C24H22O4. The smallest absolute Gasteiger partial charge is 0.351 e. The summed E-state index contributed by atoms with van der Waals surface area (Å²) < 4.78 is 11.0. The van der Waals surface area contributed by atoms with Crippen molar-refractivity contribution in [2.24, 2.45) is 0 Å². The van der Waals surface area contributed by atoms with E-state index in [9.17, 15) is 9.59 Å². The molecule has 4 heteroatoms. The first kappa shape index (κ1) is 19.4. The molecule has 0 spiro atoms. The third kappa shape index (κ3) is 4.86. The number of hydrogen-bond donors (Lipinski definition) is 0. The molecule has 142 valence electrons. The Kier molecular flexibility index (Phi) is 6.58. The zero-order valence-corrected chi connectivity index (χ0v) is 15.7. The van der Waals surface area contributed by atoms with E-state index >= 15 is 0 Å². The largest absolute Gasteiger partial charge is 0.474 e. The Balaban J connectivity index is 1.89. The van der Waals surface area contributed by atoms with Crippen LogP contribution in [0.25, 0.3) is 0 Å². The summed E-state index contributed by atoms with van der Waals surface area (Å²) in [5, 5.41) is 0. The summed E-state index contributed by atoms with van der Waals surface area (Å²) in [4.78, 5) is 23.6. The van der Waals surface area contributed by atoms with E-state index < -0.39 is 12.1 Å². The summed E-state index contributed by atoms with van der Waals surface area (Å²) >= 11 is 0. The van der Waals surface area contributed by atoms with Crippen LogP contribution >= 0.6 is 0 Å². The molecule has 0 N–H and O–H groups in total. The van der Waals surface area contributed by atoms with Crippen molar-refractivity contribution in [1.29, 1.82) is 0 Å². The minimum atomic E-state index is -0.899. The van der Waals surface area contributed by atoms with Crippen LogP contribution in [0.3, 0.4) is 0 Å². The number of aldehydes is 1. The molecule has 3 rings (SSSR count). The fourth-order valence-corrected chi connectivity index (χ4v) is 3.00. The molecule has 0 aromatic heterocycles. The van der Waals surface area contributed by atoms with Crippen LogP contribution < -0.4 is 4.74 Å². The van der Waals surface area contributed by atoms with Gasteiger partial charge in [-0.3, -0.25) is 4.79 Å². The normalized spacial score (nSPS) is 11.5. The van der Waals surface area contributed by atoms with Gasteiger partial charge in [0.2, 0.25) is 6.10 Å². The maximum atomic E-state index is 12.3. The van der Waals surface area contributed by atoms with Gasteiger partial charge in [0, 0.05) is 11.1 Å². The Labute approximate surface area is 164 Å². The molecule has 0 aliphatic rings. The zero-order valence-electron chi connectivity index (χ0n) is 15.7. The number of methoxy groups -OCH3 is 1. The van der Waals surface area contributed by atoms with Gasteiger partial charge in [-0.25, -0.2) is 4.79 Å². The van der Waals surface area contributed by atoms with E-state index in [1.54, 1.807) is 12.1 Å². The Hall–Kier alpha value is -3.40. The highest BCUT2D eigenvalue weighted by molar-refractivity contribution is 5.78. The number of hydrogen-bond acceptors (Lipinski definition) is 4. The fraction of sp³-hybridized carbons (Fsp3) is 0.167. The van der Waals surface area contributed by atoms with Gasteiger partial charge in [0.15, 0.2) is 0 Å². The van der Waals surface area contributed by atoms with Gasteiger partial charge in [-0.2, -0.15) is 0 Å². The second-order valence-corrected chi connectivity index (χ2v) is 6.40. The molecular weight excluding hydrogens is 352 g/mol. The molecule has 0 heterocycles. The Morgan fingerprint density at radius 1 is 0.929 bits per heavy atom. The second-order valence-electron chi connectivity index (χ2n) is 6.40. The van der Waals surface area contributed by atoms with Gasteiger partial charge in [0.25, 0.3) is 0 Å². The molecule has 0 aliphatic heterocycles. The first-order valence-electron chi connectivity index (χ1n) is 9.12. The number of carbonyl (C=O) groups excluding carboxylic acids is 2. The van der Waals surface area contributed by atoms with Crippen LogP contribution in [0, 0.1) is 0 Å². The number of esters is 1. The lowest BCUT2D eigenvalue weighted by atomic mass is 10.0. The number of aryl methyl sites for hydroxylation is 2. The van der Waals surface area contributed by atoms with E-state index in [0.717, 1.165) is 24.7 Å². The van der Waals surface area contributed by atoms with Gasteiger partial charge in [0.05, 0.1) is 7.11 Å². The average molecular weight is 374 g/mol. The van der Waals surface area contributed by atoms with Crippen LogP contribution in [0.4, 0.5) is 0 Å². The third-order valence-corrected chi connectivity index (χ3v) is 4.52. The van der Waals surface area contributed by atoms with Crippen molar-refractivity contribution in [1.82, 2.24) is 0 Å². The van der Waals surface area contributed by atoms with Crippen LogP contribution in [0.15, 0.2) is 78.9 Å². The van der Waals surface area contributed by atoms with Gasteiger partial charge in [-0.1, -0.05) is 72.8 Å². The second kappa shape index (κ2) is 9.51. The number of benzene rings is 3. The molecule has 0 saturated carbocycles. The van der Waals surface area contributed by atoms with Crippen molar-refractivity contribution in [3.63, 3.8) is 0 Å². The van der Waals surface area contributed by atoms with Gasteiger partial charge in [-0.05, 0) is 30.0 Å². The van der Waals surface area contributed by atoms with Crippen LogP contribution in [-0.2, 0) is 22.4 Å². The Morgan fingerprint density at radius 2 is 1.61 bits per heavy atom. The van der Waals surface area contributed by atoms with Crippen molar-refractivity contribution in [3.05, 3.63) is 101 Å². The quantitative estimate of drug-likeness (QED) is 0.428. The van der Waals surface area contributed by atoms with Crippen LogP contribution in [0.1, 0.15) is 33.2 Å². The maximum Gasteiger partial charge on any atom is 0.351 e. The van der Waals surface area contributed by atoms with Gasteiger partial charge < -0.3 is 9.47 Å². The summed E-state index contributed by atoms with van der Waals surface area (Å²) in [6.07, 6.45) is 1.42. The lowest BCUT2D eigenvalue weighted by molar-refractivity contribution is -0.149. The Morgan fingerprint density at radius 3 is 2.25 bits per heavy atom. The summed E-state index contributed by atoms with van der Waals surface area (Å²) in [7, 11) is 1.33. The number of rotatable bonds is 8. The highest BCUT2D eigenvalue weighted by atomic mass is 16.6. The molecule has 4 nitrogen and oxygen atoms in total. The maximum absolute atomic E-state index is 12.3. The highest BCUT2D eigenvalue weighted by Gasteiger charge is 2.24. The summed E-state index contributed by atoms with van der Waals surface area (Å²) in [6, 6.07) is 24.6. The highest BCUT2D eigenvalue weighted by Crippen LogP contribution is 2.28. The van der Waals surface area contributed by atoms with Crippen molar-refractivity contribution in [3.8, 4) is 5.75 Å². The van der Waals surface area contributed by atoms with E-state index in [-0.39, 0.29) is 0 Å². The summed E-state index contributed by atoms with van der Waals surface area (Å²) in [5.41, 5.74) is 3.33. The molecule has 0 saturated heterocycles. The average Bonchev–Trinajstić information content (AvgIpc) is 2.77. The van der Waals surface area contributed by atoms with Crippen LogP contribution in [-0.4, -0.2) is 19.4 Å². The molecule has 1 unspecified atom stereocenters. The number of carbonyl (C=O) groups is 2. The SMILES string of the molecule is COC(=O)C(Oc1cc(C=O)ccc1CCc1ccccc1)c1ccccc1.